The normalized spacial score (nSPS) is 12.1. The smallest absolute Gasteiger partial charge is 0.408 e. The lowest BCUT2D eigenvalue weighted by molar-refractivity contribution is -0.135. The summed E-state index contributed by atoms with van der Waals surface area (Å²) in [5.41, 5.74) is -2.21. The molecule has 0 aliphatic carbocycles. The Morgan fingerprint density at radius 1 is 1.14 bits per heavy atom. The summed E-state index contributed by atoms with van der Waals surface area (Å²) in [6.45, 7) is 7.56. The summed E-state index contributed by atoms with van der Waals surface area (Å²) in [6.07, 6.45) is -0.812. The molecule has 0 rings (SSSR count). The van der Waals surface area contributed by atoms with Crippen molar-refractivity contribution in [3.63, 3.8) is 0 Å². The van der Waals surface area contributed by atoms with Gasteiger partial charge in [0.05, 0.1) is 0 Å². The Balaban J connectivity index is 4.27. The van der Waals surface area contributed by atoms with Crippen LogP contribution >= 0.6 is 0 Å². The molecule has 0 aromatic heterocycles. The molecule has 0 saturated heterocycles. The van der Waals surface area contributed by atoms with Gasteiger partial charge in [-0.25, -0.2) is 4.79 Å². The van der Waals surface area contributed by atoms with Crippen LogP contribution < -0.4 is 5.32 Å². The summed E-state index contributed by atoms with van der Waals surface area (Å²) < 4.78 is 17.2. The lowest BCUT2D eigenvalue weighted by atomic mass is 10.1. The zero-order valence-electron chi connectivity index (χ0n) is 9.10. The molecule has 0 unspecified atom stereocenters. The number of rotatable bonds is 2. The monoisotopic (exact) mass is 205 g/mol. The second-order valence-electron chi connectivity index (χ2n) is 4.53. The molecule has 14 heavy (non-hydrogen) atoms. The fourth-order valence-electron chi connectivity index (χ4n) is 0.608. The van der Waals surface area contributed by atoms with Gasteiger partial charge in [0.25, 0.3) is 0 Å². The second-order valence-corrected chi connectivity index (χ2v) is 4.53. The first kappa shape index (κ1) is 12.9. The summed E-state index contributed by atoms with van der Waals surface area (Å²) in [6, 6.07) is -1.61. The van der Waals surface area contributed by atoms with Crippen LogP contribution in [0.25, 0.3) is 0 Å². The van der Waals surface area contributed by atoms with Crippen LogP contribution in [0.5, 0.6) is 0 Å². The fraction of sp³-hybridized carbons (Fsp3) is 0.778. The van der Waals surface area contributed by atoms with E-state index in [1.807, 2.05) is 0 Å². The molecule has 82 valence electrons. The standard InChI is InChI=1S/C9H16FNO3/c1-8(2,3)14-7(13)11-9(4,5)6(10)12/h1-5H3,(H,11,13). The highest BCUT2D eigenvalue weighted by atomic mass is 19.1. The van der Waals surface area contributed by atoms with E-state index < -0.39 is 23.3 Å². The molecular weight excluding hydrogens is 189 g/mol. The largest absolute Gasteiger partial charge is 0.444 e. The molecule has 0 aromatic rings. The van der Waals surface area contributed by atoms with E-state index in [2.05, 4.69) is 5.32 Å². The number of amides is 1. The molecule has 0 saturated carbocycles. The van der Waals surface area contributed by atoms with Crippen LogP contribution in [0.15, 0.2) is 0 Å². The fourth-order valence-corrected chi connectivity index (χ4v) is 0.608. The highest BCUT2D eigenvalue weighted by molar-refractivity contribution is 5.84. The Hall–Kier alpha value is -1.13. The maximum atomic E-state index is 12.4. The molecule has 1 N–H and O–H groups in total. The van der Waals surface area contributed by atoms with Crippen LogP contribution in [-0.4, -0.2) is 23.3 Å². The average Bonchev–Trinajstić information content (AvgIpc) is 1.79. The maximum Gasteiger partial charge on any atom is 0.408 e. The van der Waals surface area contributed by atoms with Gasteiger partial charge in [0.2, 0.25) is 0 Å². The van der Waals surface area contributed by atoms with Crippen LogP contribution in [0.3, 0.4) is 0 Å². The van der Waals surface area contributed by atoms with E-state index in [1.54, 1.807) is 20.8 Å². The van der Waals surface area contributed by atoms with E-state index in [0.29, 0.717) is 0 Å². The van der Waals surface area contributed by atoms with Crippen molar-refractivity contribution in [2.75, 3.05) is 0 Å². The van der Waals surface area contributed by atoms with Gasteiger partial charge in [0.15, 0.2) is 0 Å². The van der Waals surface area contributed by atoms with Crippen LogP contribution in [0.2, 0.25) is 0 Å². The third-order valence-electron chi connectivity index (χ3n) is 1.30. The van der Waals surface area contributed by atoms with Crippen LogP contribution in [0.4, 0.5) is 9.18 Å². The zero-order valence-corrected chi connectivity index (χ0v) is 9.10. The predicted octanol–water partition coefficient (Wildman–Crippen LogP) is 1.79. The number of carbonyl (C=O) groups excluding carboxylic acids is 2. The summed E-state index contributed by atoms with van der Waals surface area (Å²) in [4.78, 5) is 21.6. The molecule has 0 fully saturated rings. The van der Waals surface area contributed by atoms with Gasteiger partial charge in [-0.15, -0.1) is 0 Å². The summed E-state index contributed by atoms with van der Waals surface area (Å²) in [7, 11) is 0. The molecule has 5 heteroatoms. The first-order valence-electron chi connectivity index (χ1n) is 4.26. The summed E-state index contributed by atoms with van der Waals surface area (Å²) >= 11 is 0. The van der Waals surface area contributed by atoms with Crippen molar-refractivity contribution < 1.29 is 18.7 Å². The maximum absolute atomic E-state index is 12.4. The van der Waals surface area contributed by atoms with E-state index in [0.717, 1.165) is 0 Å². The lowest BCUT2D eigenvalue weighted by Gasteiger charge is -2.24. The van der Waals surface area contributed by atoms with Crippen molar-refractivity contribution in [3.8, 4) is 0 Å². The number of hydrogen-bond donors (Lipinski definition) is 1. The van der Waals surface area contributed by atoms with Crippen molar-refractivity contribution in [3.05, 3.63) is 0 Å². The van der Waals surface area contributed by atoms with Gasteiger partial charge in [-0.2, -0.15) is 4.39 Å². The molecule has 0 radical (unpaired) electrons. The molecule has 1 amide bonds. The molecule has 4 nitrogen and oxygen atoms in total. The summed E-state index contributed by atoms with van der Waals surface area (Å²) in [5, 5.41) is 2.13. The Kier molecular flexibility index (Phi) is 3.62. The Morgan fingerprint density at radius 2 is 1.57 bits per heavy atom. The van der Waals surface area contributed by atoms with E-state index in [4.69, 9.17) is 4.74 Å². The number of carbonyl (C=O) groups is 2. The van der Waals surface area contributed by atoms with Crippen molar-refractivity contribution in [1.82, 2.24) is 5.32 Å². The van der Waals surface area contributed by atoms with Crippen molar-refractivity contribution >= 4 is 12.1 Å². The number of halogens is 1. The predicted molar refractivity (Wildman–Crippen MR) is 49.6 cm³/mol. The SMILES string of the molecule is CC(C)(C)OC(=O)NC(C)(C)C(=O)F. The minimum absolute atomic E-state index is 0.667. The number of nitrogens with one attached hydrogen (secondary N) is 1. The molecular formula is C9H16FNO3. The van der Waals surface area contributed by atoms with Gasteiger partial charge in [-0.05, 0) is 34.6 Å². The quantitative estimate of drug-likeness (QED) is 0.699. The van der Waals surface area contributed by atoms with Gasteiger partial charge < -0.3 is 10.1 Å². The molecule has 0 heterocycles. The average molecular weight is 205 g/mol. The van der Waals surface area contributed by atoms with Gasteiger partial charge in [0, 0.05) is 0 Å². The Bertz CT molecular complexity index is 243. The zero-order chi connectivity index (χ0) is 11.6. The third-order valence-corrected chi connectivity index (χ3v) is 1.30. The molecule has 0 aliphatic rings. The van der Waals surface area contributed by atoms with Crippen molar-refractivity contribution in [1.29, 1.82) is 0 Å². The first-order valence-corrected chi connectivity index (χ1v) is 4.26. The van der Waals surface area contributed by atoms with E-state index in [1.165, 1.54) is 13.8 Å². The van der Waals surface area contributed by atoms with Crippen LogP contribution in [-0.2, 0) is 9.53 Å². The van der Waals surface area contributed by atoms with E-state index in [-0.39, 0.29) is 0 Å². The number of ether oxygens (including phenoxy) is 1. The van der Waals surface area contributed by atoms with Crippen molar-refractivity contribution in [2.24, 2.45) is 0 Å². The lowest BCUT2D eigenvalue weighted by Crippen LogP contribution is -2.49. The molecule has 0 spiro atoms. The van der Waals surface area contributed by atoms with Crippen molar-refractivity contribution in [2.45, 2.75) is 45.8 Å². The van der Waals surface area contributed by atoms with E-state index in [9.17, 15) is 14.0 Å². The number of hydrogen-bond acceptors (Lipinski definition) is 3. The Labute approximate surface area is 82.8 Å². The van der Waals surface area contributed by atoms with E-state index >= 15 is 0 Å². The second kappa shape index (κ2) is 3.94. The van der Waals surface area contributed by atoms with Crippen LogP contribution in [0.1, 0.15) is 34.6 Å². The topological polar surface area (TPSA) is 55.4 Å². The third kappa shape index (κ3) is 4.79. The Morgan fingerprint density at radius 3 is 1.86 bits per heavy atom. The van der Waals surface area contributed by atoms with Gasteiger partial charge in [0.1, 0.15) is 11.1 Å². The molecule has 0 bridgehead atoms. The van der Waals surface area contributed by atoms with Crippen LogP contribution in [0, 0.1) is 0 Å². The number of alkyl carbamates (subject to hydrolysis) is 1. The highest BCUT2D eigenvalue weighted by Gasteiger charge is 2.31. The minimum atomic E-state index is -1.61. The molecule has 0 atom stereocenters. The minimum Gasteiger partial charge on any atom is -0.444 e. The van der Waals surface area contributed by atoms with Gasteiger partial charge >= 0.3 is 12.1 Å². The highest BCUT2D eigenvalue weighted by Crippen LogP contribution is 2.10. The van der Waals surface area contributed by atoms with Gasteiger partial charge in [-0.1, -0.05) is 0 Å². The molecule has 0 aliphatic heterocycles. The van der Waals surface area contributed by atoms with Gasteiger partial charge in [-0.3, -0.25) is 4.79 Å². The summed E-state index contributed by atoms with van der Waals surface area (Å²) in [5.74, 6) is 0. The molecule has 0 aromatic carbocycles. The first-order chi connectivity index (χ1) is 6.04.